The zero-order valence-corrected chi connectivity index (χ0v) is 20.9. The van der Waals surface area contributed by atoms with E-state index in [1.807, 2.05) is 0 Å². The molecule has 1 saturated heterocycles. The number of Topliss-reactive ketones (excluding diaryl/α,β-unsaturated/α-hetero) is 1. The van der Waals surface area contributed by atoms with E-state index in [2.05, 4.69) is 0 Å². The predicted octanol–water partition coefficient (Wildman–Crippen LogP) is 3.26. The van der Waals surface area contributed by atoms with Gasteiger partial charge in [0, 0.05) is 30.4 Å². The fraction of sp³-hybridized carbons (Fsp3) is 0.440. The second-order valence-corrected chi connectivity index (χ2v) is 12.4. The summed E-state index contributed by atoms with van der Waals surface area (Å²) >= 11 is 0. The van der Waals surface area contributed by atoms with Crippen LogP contribution in [0.5, 0.6) is 5.75 Å². The number of rotatable bonds is 8. The van der Waals surface area contributed by atoms with Crippen LogP contribution in [0.25, 0.3) is 16.7 Å². The molecule has 0 saturated carbocycles. The molecule has 0 aliphatic carbocycles. The molecule has 10 heteroatoms. The summed E-state index contributed by atoms with van der Waals surface area (Å²) in [6.07, 6.45) is -1.45. The third kappa shape index (κ3) is 5.33. The molecule has 1 N–H and O–H groups in total. The van der Waals surface area contributed by atoms with Crippen LogP contribution < -0.4 is 10.4 Å². The van der Waals surface area contributed by atoms with Gasteiger partial charge in [-0.25, -0.2) is 17.6 Å². The third-order valence-corrected chi connectivity index (χ3v) is 8.17. The molecule has 0 radical (unpaired) electrons. The Bertz CT molecular complexity index is 1450. The molecule has 4 rings (SSSR count). The maximum Gasteiger partial charge on any atom is 0.333 e. The normalized spacial score (nSPS) is 17.7. The van der Waals surface area contributed by atoms with Crippen molar-refractivity contribution in [2.75, 3.05) is 11.5 Å². The third-order valence-electron chi connectivity index (χ3n) is 5.89. The monoisotopic (exact) mass is 504 g/mol. The molecule has 0 amide bonds. The van der Waals surface area contributed by atoms with Crippen molar-refractivity contribution in [2.45, 2.75) is 52.6 Å². The first-order valence-electron chi connectivity index (χ1n) is 11.3. The van der Waals surface area contributed by atoms with E-state index in [1.165, 1.54) is 16.1 Å². The summed E-state index contributed by atoms with van der Waals surface area (Å²) in [5, 5.41) is 10.4. The van der Waals surface area contributed by atoms with E-state index < -0.39 is 32.9 Å². The van der Waals surface area contributed by atoms with Crippen molar-refractivity contribution in [3.63, 3.8) is 0 Å². The first kappa shape index (κ1) is 25.1. The summed E-state index contributed by atoms with van der Waals surface area (Å²) in [7, 11) is -3.09. The minimum absolute atomic E-state index is 0.0241. The molecule has 1 aliphatic rings. The summed E-state index contributed by atoms with van der Waals surface area (Å²) in [4.78, 5) is 26.5. The summed E-state index contributed by atoms with van der Waals surface area (Å²) in [6, 6.07) is 11.3. The average Bonchev–Trinajstić information content (AvgIpc) is 2.95. The number of benzene rings is 2. The number of aromatic nitrogens is 2. The number of halogens is 1. The second-order valence-electron chi connectivity index (χ2n) is 10.3. The lowest BCUT2D eigenvalue weighted by Gasteiger charge is -2.37. The van der Waals surface area contributed by atoms with Gasteiger partial charge in [-0.2, -0.15) is 0 Å². The van der Waals surface area contributed by atoms with Gasteiger partial charge in [-0.05, 0) is 44.2 Å². The molecule has 1 unspecified atom stereocenters. The molecular weight excluding hydrogens is 475 g/mol. The summed E-state index contributed by atoms with van der Waals surface area (Å²) in [5.74, 6) is -0.0113. The van der Waals surface area contributed by atoms with Crippen molar-refractivity contribution in [2.24, 2.45) is 5.41 Å². The zero-order valence-electron chi connectivity index (χ0n) is 20.1. The molecule has 1 aromatic heterocycles. The van der Waals surface area contributed by atoms with Crippen LogP contribution in [0.15, 0.2) is 47.3 Å². The lowest BCUT2D eigenvalue weighted by atomic mass is 9.86. The molecule has 1 aliphatic heterocycles. The fourth-order valence-electron chi connectivity index (χ4n) is 4.71. The summed E-state index contributed by atoms with van der Waals surface area (Å²) in [6.45, 7) is 6.16. The van der Waals surface area contributed by atoms with Crippen LogP contribution in [0.2, 0.25) is 0 Å². The van der Waals surface area contributed by atoms with Gasteiger partial charge in [0.25, 0.3) is 0 Å². The van der Waals surface area contributed by atoms with Crippen LogP contribution in [0, 0.1) is 5.41 Å². The van der Waals surface area contributed by atoms with E-state index in [9.17, 15) is 27.5 Å². The van der Waals surface area contributed by atoms with Crippen molar-refractivity contribution in [1.29, 1.82) is 0 Å². The molecule has 1 fully saturated rings. The van der Waals surface area contributed by atoms with Crippen LogP contribution in [0.1, 0.15) is 44.5 Å². The second kappa shape index (κ2) is 8.60. The van der Waals surface area contributed by atoms with Gasteiger partial charge >= 0.3 is 5.69 Å². The van der Waals surface area contributed by atoms with Crippen molar-refractivity contribution >= 4 is 26.7 Å². The first-order chi connectivity index (χ1) is 16.2. The number of carbonyl (C=O) groups is 1. The van der Waals surface area contributed by atoms with Gasteiger partial charge in [0.1, 0.15) is 5.75 Å². The van der Waals surface area contributed by atoms with Crippen molar-refractivity contribution in [1.82, 2.24) is 9.13 Å². The number of hydrogen-bond donors (Lipinski definition) is 1. The van der Waals surface area contributed by atoms with Gasteiger partial charge in [-0.1, -0.05) is 13.0 Å². The molecule has 188 valence electrons. The van der Waals surface area contributed by atoms with E-state index in [0.29, 0.717) is 22.3 Å². The van der Waals surface area contributed by atoms with Crippen LogP contribution in [-0.4, -0.2) is 51.9 Å². The topological polar surface area (TPSA) is 108 Å². The van der Waals surface area contributed by atoms with Crippen molar-refractivity contribution in [3.8, 4) is 11.4 Å². The lowest BCUT2D eigenvalue weighted by Crippen LogP contribution is -2.47. The predicted molar refractivity (Wildman–Crippen MR) is 131 cm³/mol. The number of aliphatic hydroxyl groups is 1. The number of hydrogen-bond acceptors (Lipinski definition) is 6. The molecule has 8 nitrogen and oxygen atoms in total. The molecule has 3 aromatic rings. The Kier molecular flexibility index (Phi) is 6.17. The lowest BCUT2D eigenvalue weighted by molar-refractivity contribution is 0.0616. The van der Waals surface area contributed by atoms with Crippen LogP contribution in [0.3, 0.4) is 0 Å². The Morgan fingerprint density at radius 1 is 1.20 bits per heavy atom. The number of ketones is 1. The highest BCUT2D eigenvalue weighted by Crippen LogP contribution is 2.37. The van der Waals surface area contributed by atoms with Crippen LogP contribution in [-0.2, 0) is 16.4 Å². The van der Waals surface area contributed by atoms with Crippen LogP contribution in [0.4, 0.5) is 4.39 Å². The fourth-order valence-corrected chi connectivity index (χ4v) is 6.96. The number of alkyl halides is 1. The number of sulfone groups is 1. The largest absolute Gasteiger partial charge is 0.461 e. The van der Waals surface area contributed by atoms with Gasteiger partial charge in [0.05, 0.1) is 40.4 Å². The molecule has 1 atom stereocenters. The molecule has 2 heterocycles. The number of carbonyl (C=O) groups excluding carboxylic acids is 1. The van der Waals surface area contributed by atoms with E-state index >= 15 is 0 Å². The highest BCUT2D eigenvalue weighted by atomic mass is 32.2. The summed E-state index contributed by atoms with van der Waals surface area (Å²) < 4.78 is 44.6. The van der Waals surface area contributed by atoms with Gasteiger partial charge < -0.3 is 9.84 Å². The maximum atomic E-state index is 13.5. The van der Waals surface area contributed by atoms with Gasteiger partial charge in [-0.15, -0.1) is 0 Å². The zero-order chi connectivity index (χ0) is 25.8. The molecule has 35 heavy (non-hydrogen) atoms. The van der Waals surface area contributed by atoms with Gasteiger partial charge in [-0.3, -0.25) is 13.9 Å². The van der Waals surface area contributed by atoms with Gasteiger partial charge in [0.2, 0.25) is 6.36 Å². The molecule has 0 spiro atoms. The van der Waals surface area contributed by atoms with E-state index in [-0.39, 0.29) is 36.0 Å². The summed E-state index contributed by atoms with van der Waals surface area (Å²) in [5.41, 5.74) is -0.512. The van der Waals surface area contributed by atoms with E-state index in [0.717, 1.165) is 0 Å². The molecule has 0 bridgehead atoms. The molecule has 2 aromatic carbocycles. The highest BCUT2D eigenvalue weighted by Gasteiger charge is 2.45. The Labute approximate surface area is 202 Å². The van der Waals surface area contributed by atoms with Crippen molar-refractivity contribution < 1.29 is 27.4 Å². The SMILES string of the molecule is CC(F)Oc1cccc(-n2c(=O)n(CC(C)(C)O)c3cc(C(=O)CC4(C)CS(=O)(=O)C4)ccc32)c1. The highest BCUT2D eigenvalue weighted by molar-refractivity contribution is 7.92. The Morgan fingerprint density at radius 2 is 1.89 bits per heavy atom. The number of nitrogens with zero attached hydrogens (tertiary/aromatic N) is 2. The van der Waals surface area contributed by atoms with Gasteiger partial charge in [0.15, 0.2) is 15.6 Å². The van der Waals surface area contributed by atoms with E-state index in [1.54, 1.807) is 63.2 Å². The number of imidazole rings is 1. The smallest absolute Gasteiger partial charge is 0.333 e. The maximum absolute atomic E-state index is 13.5. The number of ether oxygens (including phenoxy) is 1. The van der Waals surface area contributed by atoms with Crippen molar-refractivity contribution in [3.05, 3.63) is 58.5 Å². The Morgan fingerprint density at radius 3 is 2.49 bits per heavy atom. The minimum atomic E-state index is -3.09. The Hall–Kier alpha value is -2.98. The van der Waals surface area contributed by atoms with E-state index in [4.69, 9.17) is 4.74 Å². The average molecular weight is 505 g/mol. The molecular formula is C25H29FN2O6S. The van der Waals surface area contributed by atoms with Crippen LogP contribution >= 0.6 is 0 Å². The Balaban J connectivity index is 1.80. The first-order valence-corrected chi connectivity index (χ1v) is 13.1. The standard InChI is InChI=1S/C25H29FN2O6S/c1-16(26)34-19-7-5-6-18(11-19)28-20-9-8-17(22(29)12-25(4)14-35(32,33)15-25)10-21(20)27(23(28)30)13-24(2,3)31/h5-11,16,31H,12-15H2,1-4H3. The quantitative estimate of drug-likeness (QED) is 0.472. The number of fused-ring (bicyclic) bond motifs is 1. The minimum Gasteiger partial charge on any atom is -0.461 e.